The van der Waals surface area contributed by atoms with Crippen molar-refractivity contribution in [1.82, 2.24) is 0 Å². The van der Waals surface area contributed by atoms with Gasteiger partial charge >= 0.3 is 6.03 Å². The van der Waals surface area contributed by atoms with Crippen LogP contribution in [-0.4, -0.2) is 17.8 Å². The Morgan fingerprint density at radius 3 is 2.41 bits per heavy atom. The fraction of sp³-hybridized carbons (Fsp3) is 0. The van der Waals surface area contributed by atoms with Crippen LogP contribution < -0.4 is 22.1 Å². The molecule has 22 heavy (non-hydrogen) atoms. The standard InChI is InChI=1S/C13H11FN4O3S/c14-7-3-1-2-6(4-7)11(20)17-9-5-8(10(15)19)12(22-9)18-13(16)21/h1-5H,(H2,15,19)(H,17,20)(H3,16,18,21). The minimum Gasteiger partial charge on any atom is -0.366 e. The van der Waals surface area contributed by atoms with Gasteiger partial charge in [0, 0.05) is 5.56 Å². The largest absolute Gasteiger partial charge is 0.366 e. The Morgan fingerprint density at radius 1 is 1.09 bits per heavy atom. The van der Waals surface area contributed by atoms with Crippen molar-refractivity contribution in [3.8, 4) is 0 Å². The van der Waals surface area contributed by atoms with E-state index in [1.54, 1.807) is 0 Å². The first-order valence-electron chi connectivity index (χ1n) is 5.94. The summed E-state index contributed by atoms with van der Waals surface area (Å²) in [7, 11) is 0. The van der Waals surface area contributed by atoms with Gasteiger partial charge in [-0.1, -0.05) is 17.4 Å². The molecule has 0 aliphatic heterocycles. The Bertz CT molecular complexity index is 759. The Labute approximate surface area is 128 Å². The van der Waals surface area contributed by atoms with Gasteiger partial charge in [0.1, 0.15) is 10.8 Å². The molecule has 1 aromatic carbocycles. The van der Waals surface area contributed by atoms with Crippen LogP contribution in [-0.2, 0) is 0 Å². The number of amides is 4. The second-order valence-electron chi connectivity index (χ2n) is 4.17. The fourth-order valence-electron chi connectivity index (χ4n) is 1.65. The van der Waals surface area contributed by atoms with Crippen molar-refractivity contribution in [2.45, 2.75) is 0 Å². The molecule has 0 aliphatic carbocycles. The van der Waals surface area contributed by atoms with Gasteiger partial charge in [-0.15, -0.1) is 0 Å². The van der Waals surface area contributed by atoms with E-state index in [2.05, 4.69) is 10.6 Å². The number of nitrogens with one attached hydrogen (secondary N) is 2. The van der Waals surface area contributed by atoms with E-state index in [-0.39, 0.29) is 21.1 Å². The van der Waals surface area contributed by atoms with Gasteiger partial charge in [-0.05, 0) is 24.3 Å². The molecule has 0 spiro atoms. The van der Waals surface area contributed by atoms with Crippen LogP contribution in [0.2, 0.25) is 0 Å². The minimum atomic E-state index is -0.868. The molecule has 114 valence electrons. The molecule has 0 bridgehead atoms. The highest BCUT2D eigenvalue weighted by molar-refractivity contribution is 7.20. The maximum absolute atomic E-state index is 13.1. The first kappa shape index (κ1) is 15.4. The summed E-state index contributed by atoms with van der Waals surface area (Å²) in [5.74, 6) is -1.90. The van der Waals surface area contributed by atoms with Crippen LogP contribution in [0.1, 0.15) is 20.7 Å². The van der Waals surface area contributed by atoms with Gasteiger partial charge in [-0.2, -0.15) is 0 Å². The number of urea groups is 1. The predicted octanol–water partition coefficient (Wildman–Crippen LogP) is 1.73. The fourth-order valence-corrected chi connectivity index (χ4v) is 2.62. The zero-order valence-electron chi connectivity index (χ0n) is 11.1. The van der Waals surface area contributed by atoms with Crippen LogP contribution in [0.25, 0.3) is 0 Å². The number of hydrogen-bond acceptors (Lipinski definition) is 4. The van der Waals surface area contributed by atoms with Crippen molar-refractivity contribution in [3.63, 3.8) is 0 Å². The Hall–Kier alpha value is -2.94. The van der Waals surface area contributed by atoms with Crippen LogP contribution in [0, 0.1) is 5.82 Å². The third kappa shape index (κ3) is 3.58. The van der Waals surface area contributed by atoms with Crippen LogP contribution in [0.5, 0.6) is 0 Å². The summed E-state index contributed by atoms with van der Waals surface area (Å²) in [4.78, 5) is 34.1. The van der Waals surface area contributed by atoms with Gasteiger partial charge in [0.25, 0.3) is 11.8 Å². The highest BCUT2D eigenvalue weighted by Gasteiger charge is 2.17. The van der Waals surface area contributed by atoms with Gasteiger partial charge in [-0.3, -0.25) is 14.9 Å². The molecule has 1 aromatic heterocycles. The van der Waals surface area contributed by atoms with Crippen molar-refractivity contribution in [2.75, 3.05) is 10.6 Å². The lowest BCUT2D eigenvalue weighted by Gasteiger charge is -2.02. The number of anilines is 2. The lowest BCUT2D eigenvalue weighted by Crippen LogP contribution is -2.21. The molecule has 6 N–H and O–H groups in total. The van der Waals surface area contributed by atoms with Gasteiger partial charge in [0.2, 0.25) is 0 Å². The summed E-state index contributed by atoms with van der Waals surface area (Å²) in [6.45, 7) is 0. The van der Waals surface area contributed by atoms with Crippen LogP contribution in [0.3, 0.4) is 0 Å². The predicted molar refractivity (Wildman–Crippen MR) is 80.4 cm³/mol. The number of carbonyl (C=O) groups excluding carboxylic acids is 3. The Kier molecular flexibility index (Phi) is 4.37. The van der Waals surface area contributed by atoms with E-state index in [9.17, 15) is 18.8 Å². The van der Waals surface area contributed by atoms with Crippen molar-refractivity contribution in [3.05, 3.63) is 47.3 Å². The molecule has 2 aromatic rings. The lowest BCUT2D eigenvalue weighted by molar-refractivity contribution is 0.0997. The third-order valence-corrected chi connectivity index (χ3v) is 3.52. The molecule has 0 radical (unpaired) electrons. The summed E-state index contributed by atoms with van der Waals surface area (Å²) < 4.78 is 13.1. The molecule has 0 atom stereocenters. The molecule has 1 heterocycles. The number of benzene rings is 1. The van der Waals surface area contributed by atoms with Gasteiger partial charge in [-0.25, -0.2) is 9.18 Å². The Morgan fingerprint density at radius 2 is 1.82 bits per heavy atom. The van der Waals surface area contributed by atoms with E-state index in [0.29, 0.717) is 0 Å². The summed E-state index contributed by atoms with van der Waals surface area (Å²) in [6, 6.07) is 5.54. The molecular formula is C13H11FN4O3S. The molecule has 0 fully saturated rings. The number of primary amides is 2. The monoisotopic (exact) mass is 322 g/mol. The zero-order chi connectivity index (χ0) is 16.3. The van der Waals surface area contributed by atoms with E-state index in [1.165, 1.54) is 24.3 Å². The number of hydrogen-bond donors (Lipinski definition) is 4. The maximum Gasteiger partial charge on any atom is 0.317 e. The van der Waals surface area contributed by atoms with Crippen molar-refractivity contribution >= 4 is 39.2 Å². The molecule has 0 saturated heterocycles. The summed E-state index contributed by atoms with van der Waals surface area (Å²) in [6.07, 6.45) is 0. The molecule has 0 aliphatic rings. The van der Waals surface area contributed by atoms with Crippen molar-refractivity contribution < 1.29 is 18.8 Å². The zero-order valence-corrected chi connectivity index (χ0v) is 11.9. The summed E-state index contributed by atoms with van der Waals surface area (Å²) >= 11 is 0.905. The van der Waals surface area contributed by atoms with E-state index in [1.807, 2.05) is 0 Å². The van der Waals surface area contributed by atoms with E-state index in [0.717, 1.165) is 17.4 Å². The molecule has 9 heteroatoms. The molecular weight excluding hydrogens is 311 g/mol. The van der Waals surface area contributed by atoms with E-state index in [4.69, 9.17) is 11.5 Å². The number of halogens is 1. The van der Waals surface area contributed by atoms with Crippen molar-refractivity contribution in [2.24, 2.45) is 11.5 Å². The average molecular weight is 322 g/mol. The topological polar surface area (TPSA) is 127 Å². The second kappa shape index (κ2) is 6.22. The average Bonchev–Trinajstić information content (AvgIpc) is 2.80. The minimum absolute atomic E-state index is 0.0124. The number of rotatable bonds is 4. The van der Waals surface area contributed by atoms with Gasteiger partial charge in [0.05, 0.1) is 10.6 Å². The van der Waals surface area contributed by atoms with Gasteiger partial charge < -0.3 is 16.8 Å². The van der Waals surface area contributed by atoms with Crippen LogP contribution in [0.15, 0.2) is 30.3 Å². The number of carbonyl (C=O) groups is 3. The first-order valence-corrected chi connectivity index (χ1v) is 6.75. The third-order valence-electron chi connectivity index (χ3n) is 2.56. The lowest BCUT2D eigenvalue weighted by atomic mass is 10.2. The number of nitrogens with two attached hydrogens (primary N) is 2. The summed E-state index contributed by atoms with van der Waals surface area (Å²) in [5.41, 5.74) is 10.3. The van der Waals surface area contributed by atoms with E-state index >= 15 is 0 Å². The molecule has 7 nitrogen and oxygen atoms in total. The normalized spacial score (nSPS) is 10.0. The highest BCUT2D eigenvalue weighted by Crippen LogP contribution is 2.32. The van der Waals surface area contributed by atoms with Crippen molar-refractivity contribution in [1.29, 1.82) is 0 Å². The molecule has 4 amide bonds. The van der Waals surface area contributed by atoms with E-state index < -0.39 is 23.7 Å². The maximum atomic E-state index is 13.1. The first-order chi connectivity index (χ1) is 10.4. The molecule has 0 unspecified atom stereocenters. The van der Waals surface area contributed by atoms with Crippen LogP contribution in [0.4, 0.5) is 19.2 Å². The SMILES string of the molecule is NC(=O)Nc1sc(NC(=O)c2cccc(F)c2)cc1C(N)=O. The Balaban J connectivity index is 2.24. The number of thiophene rings is 1. The quantitative estimate of drug-likeness (QED) is 0.684. The summed E-state index contributed by atoms with van der Waals surface area (Å²) in [5, 5.41) is 5.11. The highest BCUT2D eigenvalue weighted by atomic mass is 32.1. The van der Waals surface area contributed by atoms with Gasteiger partial charge in [0.15, 0.2) is 0 Å². The molecule has 2 rings (SSSR count). The van der Waals surface area contributed by atoms with Crippen LogP contribution >= 0.6 is 11.3 Å². The molecule has 0 saturated carbocycles. The smallest absolute Gasteiger partial charge is 0.317 e. The second-order valence-corrected chi connectivity index (χ2v) is 5.22.